The zero-order valence-electron chi connectivity index (χ0n) is 65.6. The van der Waals surface area contributed by atoms with Gasteiger partial charge in [-0.1, -0.05) is 94.6 Å². The second-order valence-corrected chi connectivity index (χ2v) is 32.9. The lowest BCUT2D eigenvalue weighted by Crippen LogP contribution is -2.50. The number of aromatic amines is 3. The van der Waals surface area contributed by atoms with Gasteiger partial charge in [0.15, 0.2) is 0 Å². The minimum atomic E-state index is -4.55. The Labute approximate surface area is 662 Å². The van der Waals surface area contributed by atoms with E-state index in [1.165, 1.54) is 34.1 Å². The van der Waals surface area contributed by atoms with Crippen LogP contribution in [0.5, 0.6) is 0 Å². The molecule has 115 heavy (non-hydrogen) atoms. The highest BCUT2D eigenvalue weighted by Crippen LogP contribution is 2.49. The van der Waals surface area contributed by atoms with Gasteiger partial charge in [-0.15, -0.1) is 0 Å². The Balaban J connectivity index is 0.000000150. The van der Waals surface area contributed by atoms with E-state index in [1.807, 2.05) is 60.7 Å². The molecule has 620 valence electrons. The Kier molecular flexibility index (Phi) is 26.1. The van der Waals surface area contributed by atoms with Crippen molar-refractivity contribution in [3.63, 3.8) is 0 Å². The zero-order chi connectivity index (χ0) is 82.3. The lowest BCUT2D eigenvalue weighted by Gasteiger charge is -2.44. The van der Waals surface area contributed by atoms with E-state index in [1.54, 1.807) is 32.9 Å². The van der Waals surface area contributed by atoms with Crippen LogP contribution in [0.15, 0.2) is 109 Å². The van der Waals surface area contributed by atoms with Crippen LogP contribution in [-0.4, -0.2) is 199 Å². The molecule has 27 heteroatoms. The molecule has 14 nitrogen and oxygen atoms in total. The number of hydrogen-bond donors (Lipinski definition) is 7. The number of aliphatic hydroxyl groups excluding tert-OH is 4. The maximum absolute atomic E-state index is 16.0. The number of halogens is 13. The first kappa shape index (κ1) is 85.0. The molecule has 3 saturated heterocycles. The van der Waals surface area contributed by atoms with Gasteiger partial charge in [0.25, 0.3) is 17.9 Å². The Hall–Kier alpha value is -7.88. The number of unbranched alkanes of at least 4 members (excludes halogenated alkanes) is 2. The summed E-state index contributed by atoms with van der Waals surface area (Å²) in [7, 11) is 0. The fraction of sp³-hybridized carbons (Fsp3) is 0.511. The molecule has 0 amide bonds. The quantitative estimate of drug-likeness (QED) is 0.0206. The van der Waals surface area contributed by atoms with E-state index in [0.717, 1.165) is 132 Å². The number of H-pyrrole nitrogens is 3. The van der Waals surface area contributed by atoms with Crippen LogP contribution >= 0.6 is 0 Å². The van der Waals surface area contributed by atoms with Crippen LogP contribution in [0.25, 0.3) is 37.6 Å². The Bertz CT molecular complexity index is 4840. The van der Waals surface area contributed by atoms with Gasteiger partial charge in [0, 0.05) is 142 Å². The monoisotopic (exact) mass is 1610 g/mol. The number of alkyl halides is 7. The number of para-hydroxylation sites is 3. The maximum Gasteiger partial charge on any atom is 0.401 e. The average Bonchev–Trinajstić information content (AvgIpc) is 1.63. The molecule has 0 bridgehead atoms. The van der Waals surface area contributed by atoms with Crippen molar-refractivity contribution in [3.8, 4) is 0 Å². The zero-order valence-corrected chi connectivity index (χ0v) is 65.6. The van der Waals surface area contributed by atoms with Crippen LogP contribution in [0.3, 0.4) is 0 Å². The predicted octanol–water partition coefficient (Wildman–Crippen LogP) is 17.4. The average molecular weight is 1610 g/mol. The van der Waals surface area contributed by atoms with E-state index in [2.05, 4.69) is 55.3 Å². The lowest BCUT2D eigenvalue weighted by atomic mass is 9.80. The number of likely N-dealkylation sites (tertiary alicyclic amines) is 3. The number of hydrogen-bond acceptors (Lipinski definition) is 10. The van der Waals surface area contributed by atoms with E-state index >= 15 is 26.3 Å². The van der Waals surface area contributed by atoms with Crippen molar-refractivity contribution in [3.05, 3.63) is 223 Å². The first-order valence-corrected chi connectivity index (χ1v) is 40.3. The van der Waals surface area contributed by atoms with Crippen LogP contribution < -0.4 is 0 Å². The molecule has 0 saturated carbocycles. The van der Waals surface area contributed by atoms with Gasteiger partial charge in [-0.25, -0.2) is 50.5 Å². The van der Waals surface area contributed by atoms with Gasteiger partial charge in [-0.05, 0) is 167 Å². The number of aromatic nitrogens is 3. The molecule has 0 radical (unpaired) electrons. The molecule has 9 atom stereocenters. The summed E-state index contributed by atoms with van der Waals surface area (Å²) >= 11 is 0. The van der Waals surface area contributed by atoms with Crippen molar-refractivity contribution in [2.75, 3.05) is 98.4 Å². The molecule has 3 aromatic heterocycles. The van der Waals surface area contributed by atoms with Gasteiger partial charge in [0.05, 0.1) is 56.4 Å². The molecule has 6 aliphatic rings. The third-order valence-corrected chi connectivity index (χ3v) is 24.8. The summed E-state index contributed by atoms with van der Waals surface area (Å²) in [5.74, 6) is -11.9. The predicted molar refractivity (Wildman–Crippen MR) is 418 cm³/mol. The van der Waals surface area contributed by atoms with E-state index in [-0.39, 0.29) is 40.7 Å². The summed E-state index contributed by atoms with van der Waals surface area (Å²) in [6.45, 7) is 20.7. The Morgan fingerprint density at radius 1 is 0.470 bits per heavy atom. The number of nitrogens with one attached hydrogen (secondary N) is 3. The summed E-state index contributed by atoms with van der Waals surface area (Å²) < 4.78 is 194. The number of benzene rings is 6. The van der Waals surface area contributed by atoms with Crippen molar-refractivity contribution in [1.29, 1.82) is 0 Å². The molecule has 15 rings (SSSR count). The topological polar surface area (TPSA) is 152 Å². The van der Waals surface area contributed by atoms with Gasteiger partial charge in [-0.2, -0.15) is 13.2 Å². The molecule has 3 fully saturated rings. The summed E-state index contributed by atoms with van der Waals surface area (Å²) in [6, 6.07) is 23.5. The smallest absolute Gasteiger partial charge is 0.396 e. The number of fused-ring (bicyclic) bond motifs is 9. The second kappa shape index (κ2) is 35.4. The fourth-order valence-corrected chi connectivity index (χ4v) is 18.6. The number of rotatable bonds is 26. The van der Waals surface area contributed by atoms with Crippen LogP contribution in [0.2, 0.25) is 0 Å². The third-order valence-electron chi connectivity index (χ3n) is 24.8. The van der Waals surface area contributed by atoms with Gasteiger partial charge in [0.2, 0.25) is 0 Å². The fourth-order valence-electron chi connectivity index (χ4n) is 18.6. The third kappa shape index (κ3) is 18.0. The van der Waals surface area contributed by atoms with Crippen LogP contribution in [0.1, 0.15) is 183 Å². The van der Waals surface area contributed by atoms with Crippen LogP contribution in [0.4, 0.5) is 57.1 Å². The van der Waals surface area contributed by atoms with Gasteiger partial charge >= 0.3 is 6.18 Å². The van der Waals surface area contributed by atoms with Gasteiger partial charge in [0.1, 0.15) is 48.1 Å². The molecular formula is C88H103F13N10O4. The van der Waals surface area contributed by atoms with Crippen molar-refractivity contribution in [2.45, 2.75) is 172 Å². The Morgan fingerprint density at radius 2 is 0.817 bits per heavy atom. The van der Waals surface area contributed by atoms with Crippen LogP contribution in [-0.2, 0) is 19.3 Å². The summed E-state index contributed by atoms with van der Waals surface area (Å²) in [5.41, 5.74) is 5.72. The van der Waals surface area contributed by atoms with Gasteiger partial charge in [-0.3, -0.25) is 14.7 Å². The minimum absolute atomic E-state index is 0.0150. The van der Waals surface area contributed by atoms with E-state index in [0.29, 0.717) is 79.4 Å². The first-order chi connectivity index (χ1) is 54.9. The van der Waals surface area contributed by atoms with Crippen molar-refractivity contribution < 1.29 is 77.5 Å². The molecule has 0 spiro atoms. The largest absolute Gasteiger partial charge is 0.401 e. The van der Waals surface area contributed by atoms with Crippen molar-refractivity contribution in [1.82, 2.24) is 44.4 Å². The molecule has 7 N–H and O–H groups in total. The second-order valence-electron chi connectivity index (χ2n) is 32.9. The van der Waals surface area contributed by atoms with Gasteiger partial charge < -0.3 is 54.9 Å². The normalized spacial score (nSPS) is 21.8. The number of aliphatic hydroxyl groups is 4. The summed E-state index contributed by atoms with van der Waals surface area (Å²) in [5, 5.41) is 42.0. The summed E-state index contributed by atoms with van der Waals surface area (Å²) in [6.07, 6.45) is 1.25. The summed E-state index contributed by atoms with van der Waals surface area (Å²) in [4.78, 5) is 23.9. The highest BCUT2D eigenvalue weighted by molar-refractivity contribution is 5.87. The number of nitrogens with zero attached hydrogens (tertiary/aromatic N) is 7. The lowest BCUT2D eigenvalue weighted by molar-refractivity contribution is -0.155. The standard InChI is InChI=1S/C30H34F4N4O.C30H37F4N3O2.C28H32F5N3O/c1-4-5-10-37-14-20(15-37)27(35-3)19-12-23(31)26(24(32)13-19)29-28-22(21-8-6-7-9-25(21)36-28)11-18(2)38(29)16-30(33,34)17-39;1-3-4-9-36-13-20(14-36)23(15-38)19-11-24(31)27(25(32)12-19)29-28-22(21-7-5-6-8-26(21)35-28)10-18(2)37(29)16-30(33,34)17-39;1-3-17-13-35(14-17)9-8-24(37)18-11-21(29)25(22(30)12-18)27-26-20(19-6-4-5-7-23(19)34-26)10-16(2)36(27)15-28(31,32)33/h6-9,12-13,18,20,27,29,36,39H,4-5,10-11,14-17H2,1-2H3;5-8,11-12,18,20,23,29,35,38-39H,3-4,9-10,13-17H2,1-2H3;4-7,11-12,16-17,24,27,34,37H,3,8-10,13-15H2,1-2H3/t18-,27?,29-;18-,23?,29-;16-,24-,27-/m111/s1. The van der Waals surface area contributed by atoms with E-state index < -0.39 is 146 Å². The molecular weight excluding hydrogens is 1510 g/mol. The highest BCUT2D eigenvalue weighted by atomic mass is 19.4. The van der Waals surface area contributed by atoms with Crippen LogP contribution in [0, 0.1) is 59.2 Å². The van der Waals surface area contributed by atoms with E-state index in [4.69, 9.17) is 6.57 Å². The SMILES string of the molecule is CCC1CN(CC[C@@H](O)c2cc(F)c([C@@H]3c4[nH]c5ccccc5c4C[C@@H](C)N3CC(F)(F)F)c(F)c2)C1.CCCCN1CC(C(CO)c2cc(F)c([C@@H]3c4[nH]c5ccccc5c4C[C@@H](C)N3CC(F)(F)CO)c(F)c2)C1.[C-]#[N+]C(c1cc(F)c([C@@H]2c3[nH]c4ccccc4c3C[C@@H](C)N2CC(F)(F)CO)c(F)c1)C1CN(CCCC)C1. The molecule has 0 aliphatic carbocycles. The molecule has 6 aromatic carbocycles. The Morgan fingerprint density at radius 3 is 1.17 bits per heavy atom. The highest BCUT2D eigenvalue weighted by Gasteiger charge is 2.49. The maximum atomic E-state index is 16.0. The van der Waals surface area contributed by atoms with Crippen molar-refractivity contribution in [2.24, 2.45) is 17.8 Å². The molecule has 9 aromatic rings. The molecule has 2 unspecified atom stereocenters. The minimum Gasteiger partial charge on any atom is -0.396 e. The van der Waals surface area contributed by atoms with E-state index in [9.17, 15) is 51.2 Å². The molecule has 9 heterocycles. The first-order valence-electron chi connectivity index (χ1n) is 40.3. The molecule has 6 aliphatic heterocycles. The van der Waals surface area contributed by atoms with Crippen molar-refractivity contribution >= 4 is 32.7 Å².